The van der Waals surface area contributed by atoms with Crippen LogP contribution in [0.1, 0.15) is 5.56 Å². The van der Waals surface area contributed by atoms with Gasteiger partial charge >= 0.3 is 0 Å². The molecule has 0 aliphatic heterocycles. The zero-order chi connectivity index (χ0) is 16.6. The van der Waals surface area contributed by atoms with Crippen molar-refractivity contribution in [3.63, 3.8) is 0 Å². The van der Waals surface area contributed by atoms with E-state index in [2.05, 4.69) is 31.1 Å². The van der Waals surface area contributed by atoms with E-state index in [9.17, 15) is 4.39 Å². The third-order valence-corrected chi connectivity index (χ3v) is 4.08. The number of aliphatic imine (C=N–C) groups is 1. The topological polar surface area (TPSA) is 90.2 Å². The second-order valence-corrected chi connectivity index (χ2v) is 5.88. The highest BCUT2D eigenvalue weighted by Gasteiger charge is 2.15. The SMILES string of the molecule is Cc1cc(F)ccc1-c1nnc(N=C(N)N)c2c(Br)cccc12. The summed E-state index contributed by atoms with van der Waals surface area (Å²) >= 11 is 3.50. The molecule has 7 heteroatoms. The third kappa shape index (κ3) is 2.87. The van der Waals surface area contributed by atoms with Crippen molar-refractivity contribution in [1.29, 1.82) is 0 Å². The van der Waals surface area contributed by atoms with Crippen LogP contribution in [-0.4, -0.2) is 16.2 Å². The molecule has 1 heterocycles. The van der Waals surface area contributed by atoms with Gasteiger partial charge in [0.25, 0.3) is 0 Å². The molecule has 0 spiro atoms. The molecule has 0 unspecified atom stereocenters. The minimum absolute atomic E-state index is 0.0953. The van der Waals surface area contributed by atoms with Gasteiger partial charge in [-0.1, -0.05) is 28.1 Å². The van der Waals surface area contributed by atoms with Gasteiger partial charge in [0.05, 0.1) is 0 Å². The number of benzene rings is 2. The quantitative estimate of drug-likeness (QED) is 0.531. The first kappa shape index (κ1) is 15.4. The molecule has 0 aliphatic rings. The van der Waals surface area contributed by atoms with E-state index in [4.69, 9.17) is 11.5 Å². The fourth-order valence-corrected chi connectivity index (χ4v) is 2.99. The van der Waals surface area contributed by atoms with Crippen molar-refractivity contribution in [3.8, 4) is 11.3 Å². The van der Waals surface area contributed by atoms with Crippen LogP contribution in [0.3, 0.4) is 0 Å². The van der Waals surface area contributed by atoms with Crippen molar-refractivity contribution < 1.29 is 4.39 Å². The van der Waals surface area contributed by atoms with E-state index in [0.29, 0.717) is 11.5 Å². The Hall–Kier alpha value is -2.54. The number of nitrogens with two attached hydrogens (primary N) is 2. The van der Waals surface area contributed by atoms with Crippen LogP contribution >= 0.6 is 15.9 Å². The summed E-state index contributed by atoms with van der Waals surface area (Å²) in [6.45, 7) is 1.83. The van der Waals surface area contributed by atoms with Crippen LogP contribution in [0, 0.1) is 12.7 Å². The van der Waals surface area contributed by atoms with Crippen molar-refractivity contribution in [1.82, 2.24) is 10.2 Å². The van der Waals surface area contributed by atoms with E-state index in [1.807, 2.05) is 25.1 Å². The van der Waals surface area contributed by atoms with Gasteiger partial charge in [0.15, 0.2) is 11.8 Å². The summed E-state index contributed by atoms with van der Waals surface area (Å²) in [6.07, 6.45) is 0. The lowest BCUT2D eigenvalue weighted by molar-refractivity contribution is 0.627. The number of halogens is 2. The Kier molecular flexibility index (Phi) is 3.96. The van der Waals surface area contributed by atoms with Crippen LogP contribution < -0.4 is 11.5 Å². The maximum Gasteiger partial charge on any atom is 0.192 e. The number of fused-ring (bicyclic) bond motifs is 1. The van der Waals surface area contributed by atoms with Gasteiger partial charge in [-0.3, -0.25) is 0 Å². The van der Waals surface area contributed by atoms with E-state index in [-0.39, 0.29) is 11.8 Å². The number of nitrogens with zero attached hydrogens (tertiary/aromatic N) is 3. The van der Waals surface area contributed by atoms with E-state index in [1.54, 1.807) is 6.07 Å². The molecule has 0 fully saturated rings. The Morgan fingerprint density at radius 2 is 1.96 bits per heavy atom. The highest BCUT2D eigenvalue weighted by molar-refractivity contribution is 9.10. The standard InChI is InChI=1S/C16H13BrFN5/c1-8-7-9(18)5-6-10(8)14-11-3-2-4-12(17)13(11)15(23-22-14)21-16(19)20/h2-7H,1H3,(H4,19,20,21,23). The fraction of sp³-hybridized carbons (Fsp3) is 0.0625. The largest absolute Gasteiger partial charge is 0.370 e. The molecule has 0 saturated carbocycles. The normalized spacial score (nSPS) is 10.7. The summed E-state index contributed by atoms with van der Waals surface area (Å²) in [5.74, 6) is -0.0557. The number of hydrogen-bond acceptors (Lipinski definition) is 3. The maximum atomic E-state index is 13.4. The number of aryl methyl sites for hydroxylation is 1. The van der Waals surface area contributed by atoms with E-state index >= 15 is 0 Å². The zero-order valence-corrected chi connectivity index (χ0v) is 13.8. The van der Waals surface area contributed by atoms with E-state index < -0.39 is 0 Å². The molecule has 23 heavy (non-hydrogen) atoms. The number of aromatic nitrogens is 2. The highest BCUT2D eigenvalue weighted by Crippen LogP contribution is 2.36. The number of hydrogen-bond donors (Lipinski definition) is 2. The lowest BCUT2D eigenvalue weighted by atomic mass is 10.0. The summed E-state index contributed by atoms with van der Waals surface area (Å²) < 4.78 is 14.2. The van der Waals surface area contributed by atoms with Crippen molar-refractivity contribution in [3.05, 3.63) is 52.3 Å². The average molecular weight is 374 g/mol. The minimum Gasteiger partial charge on any atom is -0.370 e. The second kappa shape index (κ2) is 5.92. The van der Waals surface area contributed by atoms with Crippen molar-refractivity contribution >= 4 is 38.5 Å². The molecule has 1 aromatic heterocycles. The van der Waals surface area contributed by atoms with Gasteiger partial charge in [-0.15, -0.1) is 10.2 Å². The fourth-order valence-electron chi connectivity index (χ4n) is 2.44. The average Bonchev–Trinajstić information content (AvgIpc) is 2.48. The Morgan fingerprint density at radius 3 is 2.65 bits per heavy atom. The van der Waals surface area contributed by atoms with Gasteiger partial charge in [0.1, 0.15) is 11.5 Å². The lowest BCUT2D eigenvalue weighted by Crippen LogP contribution is -2.22. The van der Waals surface area contributed by atoms with Crippen LogP contribution in [0.25, 0.3) is 22.0 Å². The van der Waals surface area contributed by atoms with Gasteiger partial charge in [-0.25, -0.2) is 4.39 Å². The Labute approximate surface area is 140 Å². The molecule has 0 saturated heterocycles. The second-order valence-electron chi connectivity index (χ2n) is 5.03. The van der Waals surface area contributed by atoms with Crippen LogP contribution in [0.15, 0.2) is 45.9 Å². The monoisotopic (exact) mass is 373 g/mol. The minimum atomic E-state index is -0.290. The van der Waals surface area contributed by atoms with Crippen molar-refractivity contribution in [2.24, 2.45) is 16.5 Å². The first-order valence-corrected chi connectivity index (χ1v) is 7.57. The molecule has 0 bridgehead atoms. The molecule has 0 aliphatic carbocycles. The summed E-state index contributed by atoms with van der Waals surface area (Å²) in [7, 11) is 0. The van der Waals surface area contributed by atoms with Gasteiger partial charge in [-0.05, 0) is 36.8 Å². The molecule has 3 rings (SSSR count). The van der Waals surface area contributed by atoms with Crippen LogP contribution in [0.4, 0.5) is 10.2 Å². The molecule has 3 aromatic rings. The van der Waals surface area contributed by atoms with Crippen molar-refractivity contribution in [2.45, 2.75) is 6.92 Å². The van der Waals surface area contributed by atoms with Crippen LogP contribution in [-0.2, 0) is 0 Å². The predicted molar refractivity (Wildman–Crippen MR) is 92.8 cm³/mol. The Morgan fingerprint density at radius 1 is 1.17 bits per heavy atom. The maximum absolute atomic E-state index is 13.4. The summed E-state index contributed by atoms with van der Waals surface area (Å²) in [4.78, 5) is 4.03. The number of guanidine groups is 1. The van der Waals surface area contributed by atoms with Gasteiger partial charge in [0.2, 0.25) is 0 Å². The van der Waals surface area contributed by atoms with Crippen LogP contribution in [0.5, 0.6) is 0 Å². The predicted octanol–water partition coefficient (Wildman–Crippen LogP) is 3.41. The third-order valence-electron chi connectivity index (χ3n) is 3.42. The first-order chi connectivity index (χ1) is 11.0. The molecule has 4 N–H and O–H groups in total. The Balaban J connectivity index is 2.36. The lowest BCUT2D eigenvalue weighted by Gasteiger charge is -2.10. The Bertz CT molecular complexity index is 935. The van der Waals surface area contributed by atoms with Gasteiger partial charge in [-0.2, -0.15) is 4.99 Å². The van der Waals surface area contributed by atoms with E-state index in [1.165, 1.54) is 12.1 Å². The molecule has 0 atom stereocenters. The summed E-state index contributed by atoms with van der Waals surface area (Å²) in [6, 6.07) is 10.2. The zero-order valence-electron chi connectivity index (χ0n) is 12.2. The first-order valence-electron chi connectivity index (χ1n) is 6.78. The van der Waals surface area contributed by atoms with Gasteiger partial charge in [0, 0.05) is 20.8 Å². The van der Waals surface area contributed by atoms with Crippen LogP contribution in [0.2, 0.25) is 0 Å². The molecule has 0 radical (unpaired) electrons. The molecule has 0 amide bonds. The molecule has 116 valence electrons. The molecular formula is C16H13BrFN5. The molecule has 5 nitrogen and oxygen atoms in total. The summed E-state index contributed by atoms with van der Waals surface area (Å²) in [5.41, 5.74) is 13.1. The smallest absolute Gasteiger partial charge is 0.192 e. The highest BCUT2D eigenvalue weighted by atomic mass is 79.9. The molecule has 2 aromatic carbocycles. The van der Waals surface area contributed by atoms with E-state index in [0.717, 1.165) is 26.4 Å². The summed E-state index contributed by atoms with van der Waals surface area (Å²) in [5, 5.41) is 9.95. The van der Waals surface area contributed by atoms with Crippen molar-refractivity contribution in [2.75, 3.05) is 0 Å². The molecular weight excluding hydrogens is 361 g/mol. The van der Waals surface area contributed by atoms with Gasteiger partial charge < -0.3 is 11.5 Å². The number of rotatable bonds is 2.